The van der Waals surface area contributed by atoms with Gasteiger partial charge in [0.05, 0.1) is 11.9 Å². The molecule has 7 heteroatoms. The molecule has 2 rings (SSSR count). The van der Waals surface area contributed by atoms with Gasteiger partial charge in [-0.2, -0.15) is 0 Å². The first-order chi connectivity index (χ1) is 12.6. The summed E-state index contributed by atoms with van der Waals surface area (Å²) in [5, 5.41) is 3.36. The molecule has 0 aliphatic carbocycles. The van der Waals surface area contributed by atoms with Crippen molar-refractivity contribution in [2.45, 2.75) is 33.6 Å². The van der Waals surface area contributed by atoms with Crippen LogP contribution < -0.4 is 9.62 Å². The Morgan fingerprint density at radius 3 is 2.44 bits per heavy atom. The molecule has 0 atom stereocenters. The summed E-state index contributed by atoms with van der Waals surface area (Å²) in [4.78, 5) is 12.2. The van der Waals surface area contributed by atoms with E-state index in [0.29, 0.717) is 22.7 Å². The first-order valence-electron chi connectivity index (χ1n) is 8.69. The predicted molar refractivity (Wildman–Crippen MR) is 112 cm³/mol. The first kappa shape index (κ1) is 21.3. The van der Waals surface area contributed by atoms with E-state index < -0.39 is 10.0 Å². The molecule has 5 nitrogen and oxygen atoms in total. The zero-order valence-corrected chi connectivity index (χ0v) is 17.6. The highest BCUT2D eigenvalue weighted by atomic mass is 35.5. The van der Waals surface area contributed by atoms with Crippen LogP contribution in [0, 0.1) is 20.8 Å². The number of nitrogens with one attached hydrogen (secondary N) is 1. The minimum Gasteiger partial charge on any atom is -0.326 e. The average molecular weight is 409 g/mol. The third-order valence-corrected chi connectivity index (χ3v) is 6.05. The van der Waals surface area contributed by atoms with E-state index in [-0.39, 0.29) is 18.9 Å². The van der Waals surface area contributed by atoms with Crippen molar-refractivity contribution in [2.24, 2.45) is 0 Å². The van der Waals surface area contributed by atoms with Crippen LogP contribution in [-0.4, -0.2) is 27.1 Å². The van der Waals surface area contributed by atoms with Crippen LogP contribution in [0.5, 0.6) is 0 Å². The van der Waals surface area contributed by atoms with Gasteiger partial charge in [-0.3, -0.25) is 9.10 Å². The quantitative estimate of drug-likeness (QED) is 0.735. The number of aryl methyl sites for hydroxylation is 2. The second-order valence-electron chi connectivity index (χ2n) is 6.67. The highest BCUT2D eigenvalue weighted by molar-refractivity contribution is 7.92. The molecule has 0 aliphatic heterocycles. The number of anilines is 2. The first-order valence-corrected chi connectivity index (χ1v) is 10.9. The van der Waals surface area contributed by atoms with Gasteiger partial charge in [-0.1, -0.05) is 23.7 Å². The molecule has 0 aliphatic rings. The number of sulfonamides is 1. The zero-order valence-electron chi connectivity index (χ0n) is 16.0. The summed E-state index contributed by atoms with van der Waals surface area (Å²) in [5.74, 6) is -0.144. The van der Waals surface area contributed by atoms with Crippen molar-refractivity contribution < 1.29 is 13.2 Å². The maximum absolute atomic E-state index is 12.2. The van der Waals surface area contributed by atoms with Gasteiger partial charge in [0, 0.05) is 23.7 Å². The van der Waals surface area contributed by atoms with Crippen LogP contribution in [-0.2, 0) is 14.8 Å². The van der Waals surface area contributed by atoms with Crippen LogP contribution in [0.1, 0.15) is 29.5 Å². The Morgan fingerprint density at radius 2 is 1.81 bits per heavy atom. The molecule has 0 heterocycles. The highest BCUT2D eigenvalue weighted by Gasteiger charge is 2.20. The van der Waals surface area contributed by atoms with Crippen LogP contribution in [0.15, 0.2) is 36.4 Å². The number of carbonyl (C=O) groups excluding carboxylic acids is 1. The lowest BCUT2D eigenvalue weighted by Gasteiger charge is -2.24. The molecule has 27 heavy (non-hydrogen) atoms. The maximum Gasteiger partial charge on any atom is 0.232 e. The highest BCUT2D eigenvalue weighted by Crippen LogP contribution is 2.28. The molecule has 0 aromatic heterocycles. The second-order valence-corrected chi connectivity index (χ2v) is 8.98. The molecule has 1 N–H and O–H groups in total. The van der Waals surface area contributed by atoms with Gasteiger partial charge in [0.25, 0.3) is 0 Å². The van der Waals surface area contributed by atoms with Gasteiger partial charge in [-0.15, -0.1) is 0 Å². The molecule has 146 valence electrons. The van der Waals surface area contributed by atoms with Crippen LogP contribution in [0.3, 0.4) is 0 Å². The summed E-state index contributed by atoms with van der Waals surface area (Å²) in [5.41, 5.74) is 4.25. The fourth-order valence-electron chi connectivity index (χ4n) is 2.76. The molecule has 0 saturated heterocycles. The van der Waals surface area contributed by atoms with E-state index in [1.165, 1.54) is 4.31 Å². The standard InChI is InChI=1S/C20H25ClN2O3S/c1-14-10-11-17(13-15(14)2)22-20(24)9-6-12-23(27(4,25)26)19-8-5-7-18(21)16(19)3/h5,7-8,10-11,13H,6,9,12H2,1-4H3,(H,22,24). The Bertz CT molecular complexity index is 942. The molecule has 0 unspecified atom stereocenters. The lowest BCUT2D eigenvalue weighted by atomic mass is 10.1. The minimum atomic E-state index is -3.48. The summed E-state index contributed by atoms with van der Waals surface area (Å²) in [6.45, 7) is 5.99. The van der Waals surface area contributed by atoms with E-state index in [1.54, 1.807) is 25.1 Å². The third kappa shape index (κ3) is 5.71. The Balaban J connectivity index is 2.02. The van der Waals surface area contributed by atoms with E-state index in [0.717, 1.165) is 23.1 Å². The molecule has 2 aromatic rings. The monoisotopic (exact) mass is 408 g/mol. The van der Waals surface area contributed by atoms with Gasteiger partial charge in [0.1, 0.15) is 0 Å². The Kier molecular flexibility index (Phi) is 6.89. The van der Waals surface area contributed by atoms with Crippen LogP contribution in [0.2, 0.25) is 5.02 Å². The molecule has 2 aromatic carbocycles. The molecule has 0 bridgehead atoms. The average Bonchev–Trinajstić information content (AvgIpc) is 2.57. The van der Waals surface area contributed by atoms with E-state index in [1.807, 2.05) is 32.0 Å². The van der Waals surface area contributed by atoms with Gasteiger partial charge in [0.2, 0.25) is 15.9 Å². The SMILES string of the molecule is Cc1ccc(NC(=O)CCCN(c2cccc(Cl)c2C)S(C)(=O)=O)cc1C. The number of nitrogens with zero attached hydrogens (tertiary/aromatic N) is 1. The predicted octanol–water partition coefficient (Wildman–Crippen LogP) is 4.45. The van der Waals surface area contributed by atoms with Crippen molar-refractivity contribution >= 4 is 38.9 Å². The largest absolute Gasteiger partial charge is 0.326 e. The summed E-state index contributed by atoms with van der Waals surface area (Å²) in [7, 11) is -3.48. The van der Waals surface area contributed by atoms with Gasteiger partial charge in [-0.05, 0) is 68.1 Å². The molecule has 0 spiro atoms. The van der Waals surface area contributed by atoms with Crippen molar-refractivity contribution in [3.8, 4) is 0 Å². The number of hydrogen-bond donors (Lipinski definition) is 1. The fourth-order valence-corrected chi connectivity index (χ4v) is 3.94. The molecule has 0 radical (unpaired) electrons. The van der Waals surface area contributed by atoms with E-state index in [2.05, 4.69) is 5.32 Å². The number of rotatable bonds is 7. The van der Waals surface area contributed by atoms with Crippen molar-refractivity contribution in [3.63, 3.8) is 0 Å². The molecule has 0 saturated carbocycles. The van der Waals surface area contributed by atoms with E-state index in [4.69, 9.17) is 11.6 Å². The fraction of sp³-hybridized carbons (Fsp3) is 0.350. The number of benzene rings is 2. The summed E-state index contributed by atoms with van der Waals surface area (Å²) in [6.07, 6.45) is 1.77. The van der Waals surface area contributed by atoms with Crippen molar-refractivity contribution in [1.29, 1.82) is 0 Å². The molecule has 1 amide bonds. The number of amides is 1. The van der Waals surface area contributed by atoms with E-state index >= 15 is 0 Å². The number of carbonyl (C=O) groups is 1. The topological polar surface area (TPSA) is 66.5 Å². The molecule has 0 fully saturated rings. The van der Waals surface area contributed by atoms with Gasteiger partial charge >= 0.3 is 0 Å². The Hall–Kier alpha value is -2.05. The van der Waals surface area contributed by atoms with Gasteiger partial charge in [0.15, 0.2) is 0 Å². The lowest BCUT2D eigenvalue weighted by molar-refractivity contribution is -0.116. The van der Waals surface area contributed by atoms with Crippen LogP contribution in [0.4, 0.5) is 11.4 Å². The van der Waals surface area contributed by atoms with Crippen molar-refractivity contribution in [3.05, 3.63) is 58.1 Å². The summed E-state index contributed by atoms with van der Waals surface area (Å²) >= 11 is 6.12. The van der Waals surface area contributed by atoms with E-state index in [9.17, 15) is 13.2 Å². The normalized spacial score (nSPS) is 11.3. The Morgan fingerprint density at radius 1 is 1.11 bits per heavy atom. The van der Waals surface area contributed by atoms with Crippen LogP contribution in [0.25, 0.3) is 0 Å². The van der Waals surface area contributed by atoms with Gasteiger partial charge < -0.3 is 5.32 Å². The maximum atomic E-state index is 12.2. The lowest BCUT2D eigenvalue weighted by Crippen LogP contribution is -2.32. The molecular weight excluding hydrogens is 384 g/mol. The van der Waals surface area contributed by atoms with Gasteiger partial charge in [-0.25, -0.2) is 8.42 Å². The number of hydrogen-bond acceptors (Lipinski definition) is 3. The summed E-state index contributed by atoms with van der Waals surface area (Å²) < 4.78 is 25.7. The zero-order chi connectivity index (χ0) is 20.2. The van der Waals surface area contributed by atoms with Crippen LogP contribution >= 0.6 is 11.6 Å². The number of halogens is 1. The second kappa shape index (κ2) is 8.76. The third-order valence-electron chi connectivity index (χ3n) is 4.46. The smallest absolute Gasteiger partial charge is 0.232 e. The Labute approximate surface area is 166 Å². The summed E-state index contributed by atoms with van der Waals surface area (Å²) in [6, 6.07) is 10.9. The minimum absolute atomic E-state index is 0.144. The van der Waals surface area contributed by atoms with Crippen molar-refractivity contribution in [2.75, 3.05) is 22.4 Å². The molecular formula is C20H25ClN2O3S. The van der Waals surface area contributed by atoms with Crippen molar-refractivity contribution in [1.82, 2.24) is 0 Å².